The Morgan fingerprint density at radius 2 is 2.29 bits per heavy atom. The van der Waals surface area contributed by atoms with Crippen LogP contribution in [0.1, 0.15) is 16.1 Å². The largest absolute Gasteiger partial charge is 0.296 e. The number of aromatic nitrogens is 1. The number of aldehydes is 1. The molecule has 14 heavy (non-hydrogen) atoms. The molecule has 0 amide bonds. The molecular weight excluding hydrogens is 176 g/mol. The molecular formula is C11H6N2O. The van der Waals surface area contributed by atoms with Crippen LogP contribution >= 0.6 is 0 Å². The summed E-state index contributed by atoms with van der Waals surface area (Å²) in [5.74, 6) is 0. The quantitative estimate of drug-likeness (QED) is 0.633. The predicted octanol–water partition coefficient (Wildman–Crippen LogP) is 1.92. The van der Waals surface area contributed by atoms with E-state index in [4.69, 9.17) is 5.26 Å². The number of nitriles is 1. The van der Waals surface area contributed by atoms with E-state index in [0.717, 1.165) is 10.8 Å². The van der Waals surface area contributed by atoms with Gasteiger partial charge in [-0.05, 0) is 12.1 Å². The topological polar surface area (TPSA) is 53.8 Å². The maximum Gasteiger partial charge on any atom is 0.168 e. The van der Waals surface area contributed by atoms with Crippen molar-refractivity contribution in [2.45, 2.75) is 0 Å². The van der Waals surface area contributed by atoms with Gasteiger partial charge in [0.15, 0.2) is 6.29 Å². The van der Waals surface area contributed by atoms with Crippen molar-refractivity contribution in [1.29, 1.82) is 5.26 Å². The average Bonchev–Trinajstić information content (AvgIpc) is 2.27. The number of pyridine rings is 1. The van der Waals surface area contributed by atoms with Crippen molar-refractivity contribution < 1.29 is 4.79 Å². The molecule has 3 nitrogen and oxygen atoms in total. The first-order valence-corrected chi connectivity index (χ1v) is 4.09. The summed E-state index contributed by atoms with van der Waals surface area (Å²) >= 11 is 0. The summed E-state index contributed by atoms with van der Waals surface area (Å²) in [6.07, 6.45) is 2.27. The molecule has 3 heteroatoms. The fourth-order valence-corrected chi connectivity index (χ4v) is 1.35. The van der Waals surface area contributed by atoms with E-state index in [-0.39, 0.29) is 0 Å². The van der Waals surface area contributed by atoms with Gasteiger partial charge < -0.3 is 0 Å². The van der Waals surface area contributed by atoms with Crippen molar-refractivity contribution in [2.24, 2.45) is 0 Å². The standard InChI is InChI=1S/C11H6N2O/c12-5-8-2-1-3-9-6-13-10(7-14)4-11(8)9/h1-4,6-7H. The van der Waals surface area contributed by atoms with E-state index in [0.29, 0.717) is 17.5 Å². The fourth-order valence-electron chi connectivity index (χ4n) is 1.35. The summed E-state index contributed by atoms with van der Waals surface area (Å²) in [6.45, 7) is 0. The third kappa shape index (κ3) is 1.23. The lowest BCUT2D eigenvalue weighted by atomic mass is 10.1. The molecule has 0 saturated heterocycles. The van der Waals surface area contributed by atoms with Gasteiger partial charge in [0.2, 0.25) is 0 Å². The minimum atomic E-state index is 0.347. The van der Waals surface area contributed by atoms with Gasteiger partial charge in [-0.3, -0.25) is 9.78 Å². The van der Waals surface area contributed by atoms with E-state index in [1.807, 2.05) is 6.07 Å². The lowest BCUT2D eigenvalue weighted by molar-refractivity contribution is 0.111. The van der Waals surface area contributed by atoms with Gasteiger partial charge in [-0.1, -0.05) is 12.1 Å². The first kappa shape index (κ1) is 8.39. The Morgan fingerprint density at radius 3 is 3.00 bits per heavy atom. The van der Waals surface area contributed by atoms with Gasteiger partial charge >= 0.3 is 0 Å². The Morgan fingerprint density at radius 1 is 1.43 bits per heavy atom. The molecule has 0 spiro atoms. The van der Waals surface area contributed by atoms with E-state index in [9.17, 15) is 4.79 Å². The van der Waals surface area contributed by atoms with E-state index >= 15 is 0 Å². The summed E-state index contributed by atoms with van der Waals surface area (Å²) in [4.78, 5) is 14.4. The minimum absolute atomic E-state index is 0.347. The van der Waals surface area contributed by atoms with Crippen LogP contribution in [-0.2, 0) is 0 Å². The van der Waals surface area contributed by atoms with Gasteiger partial charge in [-0.25, -0.2) is 0 Å². The van der Waals surface area contributed by atoms with Crippen molar-refractivity contribution in [3.05, 3.63) is 41.7 Å². The molecule has 1 heterocycles. The number of rotatable bonds is 1. The van der Waals surface area contributed by atoms with Crippen LogP contribution in [0.5, 0.6) is 0 Å². The van der Waals surface area contributed by atoms with Crippen LogP contribution in [0.3, 0.4) is 0 Å². The SMILES string of the molecule is N#Cc1cccc2cnc(C=O)cc12. The summed E-state index contributed by atoms with van der Waals surface area (Å²) in [7, 11) is 0. The molecule has 0 N–H and O–H groups in total. The minimum Gasteiger partial charge on any atom is -0.296 e. The Bertz CT molecular complexity index is 540. The van der Waals surface area contributed by atoms with Crippen molar-refractivity contribution >= 4 is 17.1 Å². The molecule has 0 aliphatic carbocycles. The highest BCUT2D eigenvalue weighted by Crippen LogP contribution is 2.17. The van der Waals surface area contributed by atoms with Crippen LogP contribution in [0.25, 0.3) is 10.8 Å². The number of hydrogen-bond donors (Lipinski definition) is 0. The van der Waals surface area contributed by atoms with Crippen LogP contribution in [-0.4, -0.2) is 11.3 Å². The molecule has 1 aromatic heterocycles. The number of benzene rings is 1. The van der Waals surface area contributed by atoms with Gasteiger partial charge in [0.25, 0.3) is 0 Å². The van der Waals surface area contributed by atoms with Crippen molar-refractivity contribution in [3.8, 4) is 6.07 Å². The molecule has 0 atom stereocenters. The molecule has 66 valence electrons. The number of hydrogen-bond acceptors (Lipinski definition) is 3. The summed E-state index contributed by atoms with van der Waals surface area (Å²) in [5, 5.41) is 10.5. The highest BCUT2D eigenvalue weighted by Gasteiger charge is 2.01. The smallest absolute Gasteiger partial charge is 0.168 e. The summed E-state index contributed by atoms with van der Waals surface area (Å²) in [6, 6.07) is 9.08. The molecule has 0 aliphatic heterocycles. The number of fused-ring (bicyclic) bond motifs is 1. The van der Waals surface area contributed by atoms with Gasteiger partial charge in [0.05, 0.1) is 11.6 Å². The second kappa shape index (κ2) is 3.27. The third-order valence-corrected chi connectivity index (χ3v) is 2.03. The first-order chi connectivity index (χ1) is 6.85. The number of carbonyl (C=O) groups excluding carboxylic acids is 1. The Balaban J connectivity index is 2.84. The normalized spacial score (nSPS) is 9.64. The number of nitrogens with zero attached hydrogens (tertiary/aromatic N) is 2. The van der Waals surface area contributed by atoms with Crippen LogP contribution < -0.4 is 0 Å². The zero-order valence-electron chi connectivity index (χ0n) is 7.27. The molecule has 0 fully saturated rings. The lowest BCUT2D eigenvalue weighted by Gasteiger charge is -1.99. The van der Waals surface area contributed by atoms with E-state index in [2.05, 4.69) is 11.1 Å². The average molecular weight is 182 g/mol. The Labute approximate surface area is 80.6 Å². The van der Waals surface area contributed by atoms with Crippen molar-refractivity contribution in [1.82, 2.24) is 4.98 Å². The second-order valence-corrected chi connectivity index (χ2v) is 2.87. The molecule has 0 bridgehead atoms. The maximum absolute atomic E-state index is 10.5. The molecule has 0 unspecified atom stereocenters. The Hall–Kier alpha value is -2.21. The van der Waals surface area contributed by atoms with Crippen LogP contribution in [0, 0.1) is 11.3 Å². The van der Waals surface area contributed by atoms with Gasteiger partial charge in [-0.2, -0.15) is 5.26 Å². The molecule has 2 rings (SSSR count). The zero-order valence-corrected chi connectivity index (χ0v) is 7.27. The van der Waals surface area contributed by atoms with E-state index in [1.54, 1.807) is 24.4 Å². The fraction of sp³-hybridized carbons (Fsp3) is 0. The van der Waals surface area contributed by atoms with Crippen molar-refractivity contribution in [2.75, 3.05) is 0 Å². The molecule has 0 aliphatic rings. The van der Waals surface area contributed by atoms with Crippen LogP contribution in [0.15, 0.2) is 30.5 Å². The molecule has 2 aromatic rings. The Kier molecular flexibility index (Phi) is 1.96. The van der Waals surface area contributed by atoms with E-state index < -0.39 is 0 Å². The predicted molar refractivity (Wildman–Crippen MR) is 51.8 cm³/mol. The first-order valence-electron chi connectivity index (χ1n) is 4.09. The van der Waals surface area contributed by atoms with Crippen LogP contribution in [0.2, 0.25) is 0 Å². The summed E-state index contributed by atoms with van der Waals surface area (Å²) < 4.78 is 0. The van der Waals surface area contributed by atoms with Gasteiger partial charge in [0.1, 0.15) is 5.69 Å². The second-order valence-electron chi connectivity index (χ2n) is 2.87. The highest BCUT2D eigenvalue weighted by molar-refractivity contribution is 5.90. The van der Waals surface area contributed by atoms with Gasteiger partial charge in [-0.15, -0.1) is 0 Å². The highest BCUT2D eigenvalue weighted by atomic mass is 16.1. The molecule has 0 radical (unpaired) electrons. The zero-order chi connectivity index (χ0) is 9.97. The van der Waals surface area contributed by atoms with Crippen LogP contribution in [0.4, 0.5) is 0 Å². The lowest BCUT2D eigenvalue weighted by Crippen LogP contribution is -1.87. The molecule has 0 saturated carbocycles. The van der Waals surface area contributed by atoms with Crippen molar-refractivity contribution in [3.63, 3.8) is 0 Å². The third-order valence-electron chi connectivity index (χ3n) is 2.03. The molecule has 1 aromatic carbocycles. The van der Waals surface area contributed by atoms with Gasteiger partial charge in [0, 0.05) is 17.0 Å². The monoisotopic (exact) mass is 182 g/mol. The maximum atomic E-state index is 10.5. The summed E-state index contributed by atoms with van der Waals surface area (Å²) in [5.41, 5.74) is 0.910. The van der Waals surface area contributed by atoms with E-state index in [1.165, 1.54) is 0 Å². The number of carbonyl (C=O) groups is 1.